The number of aliphatic hydroxyl groups excluding tert-OH is 1. The smallest absolute Gasteiger partial charge is 0.338 e. The van der Waals surface area contributed by atoms with E-state index in [1.54, 1.807) is 54.6 Å². The molecule has 2 aliphatic heterocycles. The van der Waals surface area contributed by atoms with Crippen LogP contribution in [0.15, 0.2) is 54.6 Å². The molecule has 9 nitrogen and oxygen atoms in total. The highest BCUT2D eigenvalue weighted by atomic mass is 28.4. The Kier molecular flexibility index (Phi) is 7.92. The third kappa shape index (κ3) is 5.19. The van der Waals surface area contributed by atoms with Gasteiger partial charge >= 0.3 is 5.97 Å². The first-order valence-corrected chi connectivity index (χ1v) is 15.5. The molecule has 38 heavy (non-hydrogen) atoms. The number of ether oxygens (including phenoxy) is 3. The average Bonchev–Trinajstić information content (AvgIpc) is 3.13. The van der Waals surface area contributed by atoms with Crippen molar-refractivity contribution in [3.05, 3.63) is 71.3 Å². The zero-order valence-corrected chi connectivity index (χ0v) is 23.5. The molecule has 10 heteroatoms. The monoisotopic (exact) mass is 541 g/mol. The molecule has 1 N–H and O–H groups in total. The zero-order chi connectivity index (χ0) is 27.8. The fourth-order valence-electron chi connectivity index (χ4n) is 4.45. The molecule has 204 valence electrons. The summed E-state index contributed by atoms with van der Waals surface area (Å²) in [5, 5.41) is 11.3. The van der Waals surface area contributed by atoms with E-state index in [-0.39, 0.29) is 22.8 Å². The first-order valence-electron chi connectivity index (χ1n) is 12.6. The second-order valence-corrected chi connectivity index (χ2v) is 15.8. The molecular formula is C28H35NO8Si. The maximum absolute atomic E-state index is 13.4. The normalized spacial score (nSPS) is 25.9. The van der Waals surface area contributed by atoms with Crippen molar-refractivity contribution in [1.29, 1.82) is 0 Å². The third-order valence-corrected chi connectivity index (χ3v) is 12.1. The predicted molar refractivity (Wildman–Crippen MR) is 141 cm³/mol. The first-order chi connectivity index (χ1) is 17.9. The number of benzene rings is 2. The highest BCUT2D eigenvalue weighted by Gasteiger charge is 2.56. The van der Waals surface area contributed by atoms with E-state index in [1.165, 1.54) is 7.11 Å². The van der Waals surface area contributed by atoms with Crippen molar-refractivity contribution in [2.24, 2.45) is 0 Å². The third-order valence-electron chi connectivity index (χ3n) is 7.62. The van der Waals surface area contributed by atoms with Crippen LogP contribution >= 0.6 is 0 Å². The summed E-state index contributed by atoms with van der Waals surface area (Å²) in [6.07, 6.45) is -4.52. The Hall–Kier alpha value is -2.89. The van der Waals surface area contributed by atoms with Crippen LogP contribution < -0.4 is 0 Å². The van der Waals surface area contributed by atoms with Crippen molar-refractivity contribution in [2.45, 2.75) is 69.5 Å². The van der Waals surface area contributed by atoms with Gasteiger partial charge in [0, 0.05) is 7.11 Å². The molecule has 4 rings (SSSR count). The van der Waals surface area contributed by atoms with E-state index in [0.29, 0.717) is 5.56 Å². The molecule has 2 amide bonds. The summed E-state index contributed by atoms with van der Waals surface area (Å²) in [6.45, 7) is 9.90. The van der Waals surface area contributed by atoms with Crippen LogP contribution in [0.1, 0.15) is 51.8 Å². The number of rotatable bonds is 7. The summed E-state index contributed by atoms with van der Waals surface area (Å²) in [4.78, 5) is 40.5. The van der Waals surface area contributed by atoms with Crippen LogP contribution in [0.2, 0.25) is 18.1 Å². The predicted octanol–water partition coefficient (Wildman–Crippen LogP) is 3.63. The second kappa shape index (κ2) is 10.7. The molecule has 1 saturated heterocycles. The maximum Gasteiger partial charge on any atom is 0.338 e. The minimum atomic E-state index is -2.55. The highest BCUT2D eigenvalue weighted by Crippen LogP contribution is 2.41. The first kappa shape index (κ1) is 28.1. The van der Waals surface area contributed by atoms with Crippen LogP contribution in [0.25, 0.3) is 0 Å². The molecule has 2 aromatic carbocycles. The number of nitrogens with zero attached hydrogens (tertiary/aromatic N) is 1. The number of fused-ring (bicyclic) bond motifs is 1. The maximum atomic E-state index is 13.4. The van der Waals surface area contributed by atoms with Gasteiger partial charge in [-0.1, -0.05) is 51.1 Å². The van der Waals surface area contributed by atoms with E-state index in [9.17, 15) is 19.5 Å². The Morgan fingerprint density at radius 2 is 1.55 bits per heavy atom. The van der Waals surface area contributed by atoms with E-state index >= 15 is 0 Å². The Bertz CT molecular complexity index is 1160. The Morgan fingerprint density at radius 1 is 1.00 bits per heavy atom. The number of carbonyl (C=O) groups is 3. The molecule has 0 aliphatic carbocycles. The van der Waals surface area contributed by atoms with E-state index in [2.05, 4.69) is 20.8 Å². The average molecular weight is 542 g/mol. The fourth-order valence-corrected chi connectivity index (χ4v) is 5.77. The number of amides is 2. The van der Waals surface area contributed by atoms with Crippen LogP contribution in [-0.4, -0.2) is 80.5 Å². The number of aliphatic hydroxyl groups is 1. The lowest BCUT2D eigenvalue weighted by molar-refractivity contribution is -0.269. The largest absolute Gasteiger partial charge is 0.459 e. The van der Waals surface area contributed by atoms with Crippen molar-refractivity contribution >= 4 is 26.1 Å². The molecule has 5 atom stereocenters. The summed E-state index contributed by atoms with van der Waals surface area (Å²) >= 11 is 0. The Balaban J connectivity index is 1.66. The quantitative estimate of drug-likeness (QED) is 0.321. The van der Waals surface area contributed by atoms with E-state index in [4.69, 9.17) is 18.6 Å². The van der Waals surface area contributed by atoms with Crippen LogP contribution in [-0.2, 0) is 18.6 Å². The van der Waals surface area contributed by atoms with Crippen molar-refractivity contribution in [2.75, 3.05) is 13.7 Å². The lowest BCUT2D eigenvalue weighted by Crippen LogP contribution is -2.68. The number of carbonyl (C=O) groups excluding carboxylic acids is 3. The van der Waals surface area contributed by atoms with Crippen molar-refractivity contribution in [1.82, 2.24) is 4.90 Å². The lowest BCUT2D eigenvalue weighted by atomic mass is 9.95. The molecule has 0 aromatic heterocycles. The van der Waals surface area contributed by atoms with Gasteiger partial charge < -0.3 is 23.7 Å². The van der Waals surface area contributed by atoms with E-state index in [0.717, 1.165) is 4.90 Å². The van der Waals surface area contributed by atoms with Gasteiger partial charge in [0.25, 0.3) is 11.8 Å². The van der Waals surface area contributed by atoms with Crippen molar-refractivity contribution < 1.29 is 38.1 Å². The summed E-state index contributed by atoms with van der Waals surface area (Å²) < 4.78 is 23.8. The Labute approximate surface area is 223 Å². The van der Waals surface area contributed by atoms with Gasteiger partial charge in [0.1, 0.15) is 24.9 Å². The summed E-state index contributed by atoms with van der Waals surface area (Å²) in [5.41, 5.74) is 0.901. The number of hydrogen-bond donors (Lipinski definition) is 1. The second-order valence-electron chi connectivity index (χ2n) is 11.1. The molecule has 2 heterocycles. The number of esters is 1. The van der Waals surface area contributed by atoms with Gasteiger partial charge in [0.15, 0.2) is 14.6 Å². The van der Waals surface area contributed by atoms with Crippen molar-refractivity contribution in [3.63, 3.8) is 0 Å². The van der Waals surface area contributed by atoms with Gasteiger partial charge in [-0.25, -0.2) is 4.79 Å². The van der Waals surface area contributed by atoms with Crippen LogP contribution in [0, 0.1) is 0 Å². The molecule has 0 saturated carbocycles. The number of methoxy groups -OCH3 is 1. The van der Waals surface area contributed by atoms with Crippen LogP contribution in [0.3, 0.4) is 0 Å². The molecular weight excluding hydrogens is 506 g/mol. The standard InChI is InChI=1S/C28H35NO8Si/c1-28(2,3)38(5,6)37-23-21(29-24(31)18-14-10-11-15-19(18)25(29)32)27(34-4)36-20(22(23)30)16-35-26(33)17-12-8-7-9-13-17/h7-15,20-23,27,30H,16H2,1-6H3/t20-,21-,22-,23-,27-/m1/s1. The van der Waals surface area contributed by atoms with E-state index < -0.39 is 56.7 Å². The van der Waals surface area contributed by atoms with Crippen LogP contribution in [0.4, 0.5) is 0 Å². The van der Waals surface area contributed by atoms with Gasteiger partial charge in [-0.2, -0.15) is 0 Å². The molecule has 2 aromatic rings. The van der Waals surface area contributed by atoms with Crippen molar-refractivity contribution in [3.8, 4) is 0 Å². The zero-order valence-electron chi connectivity index (χ0n) is 22.5. The molecule has 0 bridgehead atoms. The fraction of sp³-hybridized carbons (Fsp3) is 0.464. The molecule has 2 aliphatic rings. The molecule has 1 fully saturated rings. The van der Waals surface area contributed by atoms with Gasteiger partial charge in [-0.15, -0.1) is 0 Å². The van der Waals surface area contributed by atoms with Gasteiger partial charge in [-0.3, -0.25) is 14.5 Å². The summed E-state index contributed by atoms with van der Waals surface area (Å²) in [5.74, 6) is -1.59. The SMILES string of the molecule is CO[C@@H]1O[C@H](COC(=O)c2ccccc2)[C@@H](O)[C@H](O[Si](C)(C)C(C)(C)C)[C@H]1N1C(=O)c2ccccc2C1=O. The van der Waals surface area contributed by atoms with Gasteiger partial charge in [0.05, 0.1) is 22.8 Å². The molecule has 0 spiro atoms. The minimum absolute atomic E-state index is 0.241. The lowest BCUT2D eigenvalue weighted by Gasteiger charge is -2.50. The Morgan fingerprint density at radius 3 is 2.08 bits per heavy atom. The summed E-state index contributed by atoms with van der Waals surface area (Å²) in [6, 6.07) is 14.0. The molecule has 0 radical (unpaired) electrons. The number of imide groups is 1. The summed E-state index contributed by atoms with van der Waals surface area (Å²) in [7, 11) is -1.16. The van der Waals surface area contributed by atoms with Gasteiger partial charge in [0.2, 0.25) is 0 Å². The van der Waals surface area contributed by atoms with Gasteiger partial charge in [-0.05, 0) is 42.4 Å². The topological polar surface area (TPSA) is 112 Å². The highest BCUT2D eigenvalue weighted by molar-refractivity contribution is 6.74. The minimum Gasteiger partial charge on any atom is -0.459 e. The molecule has 0 unspecified atom stereocenters. The van der Waals surface area contributed by atoms with Crippen LogP contribution in [0.5, 0.6) is 0 Å². The number of hydrogen-bond acceptors (Lipinski definition) is 8. The van der Waals surface area contributed by atoms with E-state index in [1.807, 2.05) is 13.1 Å².